The second-order valence-corrected chi connectivity index (χ2v) is 4.47. The van der Waals surface area contributed by atoms with Crippen molar-refractivity contribution in [1.29, 1.82) is 0 Å². The number of nitrogens with one attached hydrogen (secondary N) is 1. The van der Waals surface area contributed by atoms with Crippen LogP contribution in [0.2, 0.25) is 0 Å². The molecule has 0 aliphatic carbocycles. The van der Waals surface area contributed by atoms with Crippen molar-refractivity contribution in [2.24, 2.45) is 0 Å². The van der Waals surface area contributed by atoms with Gasteiger partial charge in [-0.15, -0.1) is 0 Å². The van der Waals surface area contributed by atoms with E-state index < -0.39 is 6.10 Å². The van der Waals surface area contributed by atoms with Crippen molar-refractivity contribution in [2.75, 3.05) is 13.7 Å². The van der Waals surface area contributed by atoms with E-state index in [-0.39, 0.29) is 6.04 Å². The Labute approximate surface area is 104 Å². The third-order valence-corrected chi connectivity index (χ3v) is 3.16. The molecule has 17 heavy (non-hydrogen) atoms. The number of ether oxygens (including phenoxy) is 1. The minimum Gasteiger partial charge on any atom is -0.496 e. The maximum Gasteiger partial charge on any atom is 0.125 e. The molecule has 0 spiro atoms. The fraction of sp³-hybridized carbons (Fsp3) is 0.571. The van der Waals surface area contributed by atoms with E-state index in [1.807, 2.05) is 39.8 Å². The van der Waals surface area contributed by atoms with Crippen molar-refractivity contribution >= 4 is 0 Å². The summed E-state index contributed by atoms with van der Waals surface area (Å²) in [7, 11) is 1.64. The van der Waals surface area contributed by atoms with Gasteiger partial charge in [0, 0.05) is 11.6 Å². The maximum atomic E-state index is 10.3. The molecule has 0 fully saturated rings. The van der Waals surface area contributed by atoms with Crippen molar-refractivity contribution in [2.45, 2.75) is 39.8 Å². The number of likely N-dealkylation sites (N-methyl/N-ethyl adjacent to an activating group) is 1. The standard InChI is InChI=1S/C14H23NO2/c1-6-15-11(4)14(16)12-7-9(2)10(3)8-13(12)17-5/h7-8,11,14-16H,6H2,1-5H3. The average molecular weight is 237 g/mol. The lowest BCUT2D eigenvalue weighted by Crippen LogP contribution is -2.32. The minimum absolute atomic E-state index is 0.0102. The number of methoxy groups -OCH3 is 1. The molecule has 0 saturated heterocycles. The van der Waals surface area contributed by atoms with Gasteiger partial charge in [0.25, 0.3) is 0 Å². The first-order chi connectivity index (χ1) is 8.01. The van der Waals surface area contributed by atoms with Crippen LogP contribution in [0.15, 0.2) is 12.1 Å². The third-order valence-electron chi connectivity index (χ3n) is 3.16. The molecule has 2 unspecified atom stereocenters. The van der Waals surface area contributed by atoms with E-state index in [0.717, 1.165) is 17.9 Å². The highest BCUT2D eigenvalue weighted by atomic mass is 16.5. The van der Waals surface area contributed by atoms with E-state index >= 15 is 0 Å². The Morgan fingerprint density at radius 3 is 2.41 bits per heavy atom. The summed E-state index contributed by atoms with van der Waals surface area (Å²) in [6.45, 7) is 8.93. The molecule has 2 atom stereocenters. The highest BCUT2D eigenvalue weighted by Gasteiger charge is 2.20. The number of benzene rings is 1. The van der Waals surface area contributed by atoms with Crippen LogP contribution in [0, 0.1) is 13.8 Å². The number of aliphatic hydroxyl groups is 1. The van der Waals surface area contributed by atoms with Gasteiger partial charge in [0.1, 0.15) is 5.75 Å². The van der Waals surface area contributed by atoms with Gasteiger partial charge in [0.05, 0.1) is 13.2 Å². The van der Waals surface area contributed by atoms with Crippen LogP contribution in [0.25, 0.3) is 0 Å². The normalized spacial score (nSPS) is 14.5. The third kappa shape index (κ3) is 3.20. The number of rotatable bonds is 5. The van der Waals surface area contributed by atoms with Gasteiger partial charge in [0.2, 0.25) is 0 Å². The number of aliphatic hydroxyl groups excluding tert-OH is 1. The minimum atomic E-state index is -0.552. The Bertz CT molecular complexity index is 377. The summed E-state index contributed by atoms with van der Waals surface area (Å²) in [6, 6.07) is 4.00. The number of aryl methyl sites for hydroxylation is 2. The molecule has 1 aromatic carbocycles. The van der Waals surface area contributed by atoms with E-state index in [1.54, 1.807) is 7.11 Å². The van der Waals surface area contributed by atoms with Gasteiger partial charge in [-0.2, -0.15) is 0 Å². The zero-order valence-corrected chi connectivity index (χ0v) is 11.4. The van der Waals surface area contributed by atoms with Gasteiger partial charge < -0.3 is 15.2 Å². The molecule has 1 rings (SSSR count). The first kappa shape index (κ1) is 14.0. The van der Waals surface area contributed by atoms with Gasteiger partial charge in [-0.3, -0.25) is 0 Å². The summed E-state index contributed by atoms with van der Waals surface area (Å²) in [5.74, 6) is 0.755. The average Bonchev–Trinajstić information content (AvgIpc) is 2.31. The van der Waals surface area contributed by atoms with Gasteiger partial charge in [-0.1, -0.05) is 6.92 Å². The quantitative estimate of drug-likeness (QED) is 0.826. The van der Waals surface area contributed by atoms with E-state index in [2.05, 4.69) is 5.32 Å². The molecule has 1 aromatic rings. The molecular weight excluding hydrogens is 214 g/mol. The molecule has 2 N–H and O–H groups in total. The summed E-state index contributed by atoms with van der Waals surface area (Å²) in [6.07, 6.45) is -0.552. The Balaban J connectivity index is 3.07. The molecule has 0 aliphatic rings. The van der Waals surface area contributed by atoms with E-state index in [9.17, 15) is 5.11 Å². The van der Waals surface area contributed by atoms with Crippen molar-refractivity contribution < 1.29 is 9.84 Å². The Kier molecular flexibility index (Phi) is 4.97. The van der Waals surface area contributed by atoms with Gasteiger partial charge in [-0.05, 0) is 50.6 Å². The molecule has 96 valence electrons. The first-order valence-electron chi connectivity index (χ1n) is 6.07. The predicted molar refractivity (Wildman–Crippen MR) is 70.6 cm³/mol. The number of hydrogen-bond acceptors (Lipinski definition) is 3. The van der Waals surface area contributed by atoms with Gasteiger partial charge in [-0.25, -0.2) is 0 Å². The Hall–Kier alpha value is -1.06. The van der Waals surface area contributed by atoms with Crippen LogP contribution >= 0.6 is 0 Å². The lowest BCUT2D eigenvalue weighted by atomic mass is 9.97. The fourth-order valence-corrected chi connectivity index (χ4v) is 1.92. The second kappa shape index (κ2) is 6.03. The smallest absolute Gasteiger partial charge is 0.125 e. The molecule has 0 heterocycles. The molecule has 0 bridgehead atoms. The predicted octanol–water partition coefficient (Wildman–Crippen LogP) is 2.34. The fourth-order valence-electron chi connectivity index (χ4n) is 1.92. The van der Waals surface area contributed by atoms with Crippen molar-refractivity contribution in [3.8, 4) is 5.75 Å². The van der Waals surface area contributed by atoms with E-state index in [0.29, 0.717) is 0 Å². The lowest BCUT2D eigenvalue weighted by Gasteiger charge is -2.22. The van der Waals surface area contributed by atoms with Crippen LogP contribution in [-0.2, 0) is 0 Å². The van der Waals surface area contributed by atoms with Crippen molar-refractivity contribution in [3.05, 3.63) is 28.8 Å². The van der Waals surface area contributed by atoms with Gasteiger partial charge >= 0.3 is 0 Å². The SMILES string of the molecule is CCNC(C)C(O)c1cc(C)c(C)cc1OC. The molecule has 0 aliphatic heterocycles. The summed E-state index contributed by atoms with van der Waals surface area (Å²) >= 11 is 0. The van der Waals surface area contributed by atoms with Crippen LogP contribution in [0.1, 0.15) is 36.6 Å². The highest BCUT2D eigenvalue weighted by Crippen LogP contribution is 2.30. The van der Waals surface area contributed by atoms with Crippen LogP contribution in [0.5, 0.6) is 5.75 Å². The number of hydrogen-bond donors (Lipinski definition) is 2. The summed E-state index contributed by atoms with van der Waals surface area (Å²) in [5, 5.41) is 13.5. The molecular formula is C14H23NO2. The van der Waals surface area contributed by atoms with Gasteiger partial charge in [0.15, 0.2) is 0 Å². The van der Waals surface area contributed by atoms with Crippen LogP contribution in [-0.4, -0.2) is 24.8 Å². The Morgan fingerprint density at radius 1 is 1.29 bits per heavy atom. The summed E-state index contributed by atoms with van der Waals surface area (Å²) in [4.78, 5) is 0. The monoisotopic (exact) mass is 237 g/mol. The molecule has 0 saturated carbocycles. The van der Waals surface area contributed by atoms with Crippen molar-refractivity contribution in [3.63, 3.8) is 0 Å². The van der Waals surface area contributed by atoms with Crippen LogP contribution in [0.3, 0.4) is 0 Å². The molecule has 3 heteroatoms. The summed E-state index contributed by atoms with van der Waals surface area (Å²) in [5.41, 5.74) is 3.20. The van der Waals surface area contributed by atoms with E-state index in [1.165, 1.54) is 11.1 Å². The molecule has 3 nitrogen and oxygen atoms in total. The molecule has 0 aromatic heterocycles. The van der Waals surface area contributed by atoms with Crippen LogP contribution < -0.4 is 10.1 Å². The van der Waals surface area contributed by atoms with E-state index in [4.69, 9.17) is 4.74 Å². The Morgan fingerprint density at radius 2 is 1.88 bits per heavy atom. The largest absolute Gasteiger partial charge is 0.496 e. The topological polar surface area (TPSA) is 41.5 Å². The maximum absolute atomic E-state index is 10.3. The second-order valence-electron chi connectivity index (χ2n) is 4.47. The zero-order valence-electron chi connectivity index (χ0n) is 11.4. The first-order valence-corrected chi connectivity index (χ1v) is 6.07. The lowest BCUT2D eigenvalue weighted by molar-refractivity contribution is 0.133. The summed E-state index contributed by atoms with van der Waals surface area (Å²) < 4.78 is 5.34. The van der Waals surface area contributed by atoms with Crippen LogP contribution in [0.4, 0.5) is 0 Å². The van der Waals surface area contributed by atoms with Crippen molar-refractivity contribution in [1.82, 2.24) is 5.32 Å². The highest BCUT2D eigenvalue weighted by molar-refractivity contribution is 5.43. The molecule has 0 amide bonds. The zero-order chi connectivity index (χ0) is 13.0. The molecule has 0 radical (unpaired) electrons.